The number of hydrogen-bond acceptors (Lipinski definition) is 6. The van der Waals surface area contributed by atoms with Gasteiger partial charge in [0.25, 0.3) is 0 Å². The summed E-state index contributed by atoms with van der Waals surface area (Å²) in [6.07, 6.45) is 78.0. The zero-order valence-electron chi connectivity index (χ0n) is 54.3. The first kappa shape index (κ1) is 78.7. The highest BCUT2D eigenvalue weighted by atomic mass is 31.2. The van der Waals surface area contributed by atoms with Crippen LogP contribution in [0.4, 0.5) is 0 Å². The molecule has 0 saturated heterocycles. The molecule has 0 aliphatic carbocycles. The number of hydrogen-bond donors (Lipinski definition) is 2. The fraction of sp³-hybridized carbons (Fsp3) is 0.831. The molecule has 0 fully saturated rings. The maximum atomic E-state index is 13.6. The van der Waals surface area contributed by atoms with E-state index in [1.54, 1.807) is 0 Å². The number of carbonyl (C=O) groups excluding carboxylic acids is 2. The number of ether oxygens (including phenoxy) is 1. The summed E-state index contributed by atoms with van der Waals surface area (Å²) < 4.78 is 30.8. The fourth-order valence-electron chi connectivity index (χ4n) is 10.1. The zero-order valence-corrected chi connectivity index (χ0v) is 55.2. The highest BCUT2D eigenvalue weighted by Crippen LogP contribution is 2.43. The van der Waals surface area contributed by atoms with Crippen LogP contribution >= 0.6 is 7.82 Å². The highest BCUT2D eigenvalue weighted by Gasteiger charge is 2.30. The second-order valence-corrected chi connectivity index (χ2v) is 26.2. The van der Waals surface area contributed by atoms with Crippen molar-refractivity contribution in [3.63, 3.8) is 0 Å². The van der Waals surface area contributed by atoms with E-state index < -0.39 is 20.0 Å². The molecule has 0 aromatic carbocycles. The number of nitrogens with zero attached hydrogens (tertiary/aromatic N) is 1. The van der Waals surface area contributed by atoms with E-state index in [0.29, 0.717) is 23.9 Å². The Bertz CT molecular complexity index is 1570. The third-order valence-corrected chi connectivity index (χ3v) is 16.4. The number of likely N-dealkylation sites (N-methyl/N-ethyl adjacent to an activating group) is 1. The number of carbonyl (C=O) groups is 2. The van der Waals surface area contributed by atoms with Crippen LogP contribution in [0.25, 0.3) is 0 Å². The van der Waals surface area contributed by atoms with Gasteiger partial charge < -0.3 is 19.4 Å². The van der Waals surface area contributed by atoms with Crippen LogP contribution in [0.1, 0.15) is 329 Å². The van der Waals surface area contributed by atoms with Crippen LogP contribution in [0.3, 0.4) is 0 Å². The number of phosphoric ester groups is 1. The molecule has 9 nitrogen and oxygen atoms in total. The van der Waals surface area contributed by atoms with Crippen LogP contribution in [0.5, 0.6) is 0 Å². The van der Waals surface area contributed by atoms with Gasteiger partial charge in [-0.1, -0.05) is 300 Å². The molecule has 3 unspecified atom stereocenters. The minimum absolute atomic E-state index is 0.0402. The van der Waals surface area contributed by atoms with Gasteiger partial charge in [-0.25, -0.2) is 4.57 Å². The van der Waals surface area contributed by atoms with Gasteiger partial charge in [-0.3, -0.25) is 18.6 Å². The largest absolute Gasteiger partial charge is 0.472 e. The van der Waals surface area contributed by atoms with Crippen molar-refractivity contribution in [1.29, 1.82) is 0 Å². The number of esters is 1. The number of rotatable bonds is 63. The summed E-state index contributed by atoms with van der Waals surface area (Å²) in [5, 5.41) is 3.07. The molecule has 3 atom stereocenters. The van der Waals surface area contributed by atoms with E-state index in [4.69, 9.17) is 13.8 Å². The van der Waals surface area contributed by atoms with Crippen LogP contribution in [0.15, 0.2) is 60.8 Å². The molecular weight excluding hydrogens is 1020 g/mol. The summed E-state index contributed by atoms with van der Waals surface area (Å²) in [7, 11) is 1.50. The Kier molecular flexibility index (Phi) is 59.1. The Morgan fingerprint density at radius 1 is 0.432 bits per heavy atom. The third-order valence-electron chi connectivity index (χ3n) is 15.5. The predicted molar refractivity (Wildman–Crippen MR) is 351 cm³/mol. The van der Waals surface area contributed by atoms with Crippen LogP contribution in [0, 0.1) is 0 Å². The van der Waals surface area contributed by atoms with Gasteiger partial charge in [0.05, 0.1) is 33.8 Å². The van der Waals surface area contributed by atoms with Gasteiger partial charge in [0, 0.05) is 12.8 Å². The quantitative estimate of drug-likeness (QED) is 0.0205. The molecule has 0 bridgehead atoms. The lowest BCUT2D eigenvalue weighted by Crippen LogP contribution is -2.47. The molecule has 0 saturated carbocycles. The molecule has 81 heavy (non-hydrogen) atoms. The first-order chi connectivity index (χ1) is 39.4. The SMILES string of the molecule is CCCCC/C=C\C/C=C\C/C=C\C/C=C\CCCCCCCCCCCCCC(=O)NC(COP(=O)(O)OCC[N+](C)(C)C)C(/C=C\CCCCCCCCCCC)OC(=O)CCCCCCCCCCCCCCCCCCC. The van der Waals surface area contributed by atoms with Crippen LogP contribution < -0.4 is 5.32 Å². The predicted octanol–water partition coefficient (Wildman–Crippen LogP) is 21.8. The summed E-state index contributed by atoms with van der Waals surface area (Å²) in [5.74, 6) is -0.496. The van der Waals surface area contributed by atoms with Crippen molar-refractivity contribution in [2.24, 2.45) is 0 Å². The Morgan fingerprint density at radius 3 is 1.15 bits per heavy atom. The molecule has 1 amide bonds. The highest BCUT2D eigenvalue weighted by molar-refractivity contribution is 7.47. The lowest BCUT2D eigenvalue weighted by Gasteiger charge is -2.27. The minimum Gasteiger partial charge on any atom is -0.456 e. The van der Waals surface area contributed by atoms with E-state index in [2.05, 4.69) is 74.7 Å². The monoisotopic (exact) mass is 1160 g/mol. The molecule has 0 radical (unpaired) electrons. The lowest BCUT2D eigenvalue weighted by molar-refractivity contribution is -0.870. The van der Waals surface area contributed by atoms with Crippen LogP contribution in [-0.4, -0.2) is 74.3 Å². The van der Waals surface area contributed by atoms with Gasteiger partial charge in [0.2, 0.25) is 5.91 Å². The topological polar surface area (TPSA) is 111 Å². The zero-order chi connectivity index (χ0) is 59.3. The minimum atomic E-state index is -4.45. The number of phosphoric acid groups is 1. The van der Waals surface area contributed by atoms with E-state index in [1.165, 1.54) is 218 Å². The lowest BCUT2D eigenvalue weighted by atomic mass is 10.0. The molecule has 0 heterocycles. The Morgan fingerprint density at radius 2 is 0.753 bits per heavy atom. The number of unbranched alkanes of at least 4 members (excludes halogenated alkanes) is 39. The molecule has 2 N–H and O–H groups in total. The average Bonchev–Trinajstić information content (AvgIpc) is 3.43. The number of amides is 1. The van der Waals surface area contributed by atoms with Gasteiger partial charge >= 0.3 is 13.8 Å². The maximum absolute atomic E-state index is 13.6. The molecule has 0 aliphatic heterocycles. The molecule has 0 aliphatic rings. The maximum Gasteiger partial charge on any atom is 0.472 e. The van der Waals surface area contributed by atoms with Crippen molar-refractivity contribution in [2.45, 2.75) is 341 Å². The van der Waals surface area contributed by atoms with Gasteiger partial charge in [0.1, 0.15) is 19.3 Å². The normalized spacial score (nSPS) is 13.9. The van der Waals surface area contributed by atoms with Crippen molar-refractivity contribution in [3.8, 4) is 0 Å². The first-order valence-corrected chi connectivity index (χ1v) is 36.1. The van der Waals surface area contributed by atoms with Crippen molar-refractivity contribution < 1.29 is 37.3 Å². The van der Waals surface area contributed by atoms with Crippen molar-refractivity contribution in [3.05, 3.63) is 60.8 Å². The molecule has 474 valence electrons. The van der Waals surface area contributed by atoms with Gasteiger partial charge in [-0.05, 0) is 76.7 Å². The molecule has 10 heteroatoms. The third kappa shape index (κ3) is 62.1. The van der Waals surface area contributed by atoms with Crippen molar-refractivity contribution in [2.75, 3.05) is 40.9 Å². The summed E-state index contributed by atoms with van der Waals surface area (Å²) in [6, 6.07) is -0.849. The van der Waals surface area contributed by atoms with Crippen molar-refractivity contribution >= 4 is 19.7 Å². The summed E-state index contributed by atoms with van der Waals surface area (Å²) in [6.45, 7) is 7.02. The number of nitrogens with one attached hydrogen (secondary N) is 1. The van der Waals surface area contributed by atoms with Gasteiger partial charge in [0.15, 0.2) is 0 Å². The van der Waals surface area contributed by atoms with E-state index in [0.717, 1.165) is 77.0 Å². The first-order valence-electron chi connectivity index (χ1n) is 34.6. The number of allylic oxidation sites excluding steroid dienone is 9. The average molecular weight is 1160 g/mol. The summed E-state index contributed by atoms with van der Waals surface area (Å²) >= 11 is 0. The Balaban J connectivity index is 5.01. The summed E-state index contributed by atoms with van der Waals surface area (Å²) in [5.41, 5.74) is 0. The van der Waals surface area contributed by atoms with Crippen molar-refractivity contribution in [1.82, 2.24) is 5.32 Å². The Hall–Kier alpha value is -2.29. The molecule has 0 aromatic heterocycles. The van der Waals surface area contributed by atoms with E-state index in [-0.39, 0.29) is 25.1 Å². The van der Waals surface area contributed by atoms with E-state index >= 15 is 0 Å². The molecule has 0 spiro atoms. The Labute approximate surface area is 502 Å². The van der Waals surface area contributed by atoms with E-state index in [9.17, 15) is 19.0 Å². The van der Waals surface area contributed by atoms with Gasteiger partial charge in [-0.15, -0.1) is 0 Å². The van der Waals surface area contributed by atoms with Crippen LogP contribution in [0.2, 0.25) is 0 Å². The smallest absolute Gasteiger partial charge is 0.456 e. The second kappa shape index (κ2) is 60.8. The standard InChI is InChI=1S/C71H133N2O7P/c1-7-10-13-16-19-22-25-27-29-31-32-33-34-35-36-37-38-39-40-42-43-45-48-51-54-57-60-63-70(74)72-68(67-79-81(76,77)78-66-65-73(4,5)6)69(62-59-56-53-50-47-24-21-18-15-12-9-3)80-71(75)64-61-58-55-52-49-46-44-41-30-28-26-23-20-17-14-11-8-2/h19,22,27,29,32-33,35-36,59,62,68-69H,7-18,20-21,23-26,28,30-31,34,37-58,60-61,63-67H2,1-6H3,(H-,72,74,76,77)/p+1/b22-19-,29-27-,33-32-,36-35-,62-59-. The fourth-order valence-corrected chi connectivity index (χ4v) is 10.8. The van der Waals surface area contributed by atoms with Crippen LogP contribution in [-0.2, 0) is 27.9 Å². The molecule has 0 aromatic rings. The molecule has 0 rings (SSSR count). The second-order valence-electron chi connectivity index (χ2n) is 24.7. The summed E-state index contributed by atoms with van der Waals surface area (Å²) in [4.78, 5) is 37.8. The van der Waals surface area contributed by atoms with Gasteiger partial charge in [-0.2, -0.15) is 0 Å². The number of quaternary nitrogens is 1. The molecular formula is C71H134N2O7P+. The van der Waals surface area contributed by atoms with E-state index in [1.807, 2.05) is 33.3 Å².